The molecule has 0 bridgehead atoms. The first kappa shape index (κ1) is 13.1. The minimum absolute atomic E-state index is 0.277. The zero-order valence-corrected chi connectivity index (χ0v) is 12.2. The Balaban J connectivity index is 1.70. The van der Waals surface area contributed by atoms with E-state index >= 15 is 0 Å². The van der Waals surface area contributed by atoms with Gasteiger partial charge in [0.15, 0.2) is 0 Å². The van der Waals surface area contributed by atoms with Crippen molar-refractivity contribution in [2.45, 2.75) is 38.6 Å². The van der Waals surface area contributed by atoms with Crippen LogP contribution in [-0.4, -0.2) is 47.2 Å². The zero-order valence-electron chi connectivity index (χ0n) is 12.2. The van der Waals surface area contributed by atoms with Crippen LogP contribution >= 0.6 is 0 Å². The molecule has 0 saturated carbocycles. The third-order valence-electron chi connectivity index (χ3n) is 4.97. The van der Waals surface area contributed by atoms with Gasteiger partial charge in [-0.2, -0.15) is 0 Å². The van der Waals surface area contributed by atoms with E-state index in [1.165, 1.54) is 38.2 Å². The average molecular weight is 262 g/mol. The van der Waals surface area contributed by atoms with Crippen molar-refractivity contribution >= 4 is 0 Å². The Kier molecular flexibility index (Phi) is 3.63. The van der Waals surface area contributed by atoms with Crippen LogP contribution in [-0.2, 0) is 12.0 Å². The van der Waals surface area contributed by atoms with Crippen LogP contribution < -0.4 is 5.32 Å². The molecule has 2 atom stereocenters. The molecule has 2 aliphatic heterocycles. The van der Waals surface area contributed by atoms with E-state index in [2.05, 4.69) is 39.8 Å². The Labute approximate surface area is 116 Å². The summed E-state index contributed by atoms with van der Waals surface area (Å²) in [5.74, 6) is 0.797. The van der Waals surface area contributed by atoms with Gasteiger partial charge in [-0.25, -0.2) is 4.98 Å². The SMILES string of the molecule is CCN1CCC(Cn2cncc2C2(C)CCNC2)C1. The first-order chi connectivity index (χ1) is 9.21. The lowest BCUT2D eigenvalue weighted by atomic mass is 9.86. The number of nitrogens with zero attached hydrogens (tertiary/aromatic N) is 3. The van der Waals surface area contributed by atoms with Gasteiger partial charge < -0.3 is 14.8 Å². The van der Waals surface area contributed by atoms with Gasteiger partial charge in [0, 0.05) is 36.9 Å². The number of aromatic nitrogens is 2. The van der Waals surface area contributed by atoms with Gasteiger partial charge in [0.2, 0.25) is 0 Å². The van der Waals surface area contributed by atoms with E-state index in [9.17, 15) is 0 Å². The summed E-state index contributed by atoms with van der Waals surface area (Å²) in [6.07, 6.45) is 6.68. The maximum Gasteiger partial charge on any atom is 0.0948 e. The van der Waals surface area contributed by atoms with Crippen molar-refractivity contribution in [3.63, 3.8) is 0 Å². The molecular weight excluding hydrogens is 236 g/mol. The summed E-state index contributed by atoms with van der Waals surface area (Å²) in [6, 6.07) is 0. The van der Waals surface area contributed by atoms with Crippen molar-refractivity contribution in [1.29, 1.82) is 0 Å². The lowest BCUT2D eigenvalue weighted by molar-refractivity contribution is 0.329. The molecule has 106 valence electrons. The largest absolute Gasteiger partial charge is 0.334 e. The van der Waals surface area contributed by atoms with Crippen molar-refractivity contribution in [3.05, 3.63) is 18.2 Å². The first-order valence-electron chi connectivity index (χ1n) is 7.65. The van der Waals surface area contributed by atoms with E-state index < -0.39 is 0 Å². The summed E-state index contributed by atoms with van der Waals surface area (Å²) in [4.78, 5) is 6.97. The van der Waals surface area contributed by atoms with Gasteiger partial charge in [-0.1, -0.05) is 13.8 Å². The van der Waals surface area contributed by atoms with Crippen molar-refractivity contribution in [1.82, 2.24) is 19.8 Å². The molecule has 2 fully saturated rings. The van der Waals surface area contributed by atoms with E-state index in [0.29, 0.717) is 0 Å². The second kappa shape index (κ2) is 5.25. The van der Waals surface area contributed by atoms with E-state index in [1.807, 2.05) is 6.33 Å². The maximum absolute atomic E-state index is 4.41. The molecule has 1 aromatic rings. The van der Waals surface area contributed by atoms with E-state index in [4.69, 9.17) is 0 Å². The molecule has 0 aliphatic carbocycles. The standard InChI is InChI=1S/C15H26N4/c1-3-18-7-4-13(9-18)10-19-12-17-8-14(19)15(2)5-6-16-11-15/h8,12-13,16H,3-7,9-11H2,1-2H3. The molecule has 0 spiro atoms. The summed E-state index contributed by atoms with van der Waals surface area (Å²) >= 11 is 0. The minimum atomic E-state index is 0.277. The Morgan fingerprint density at radius 3 is 3.11 bits per heavy atom. The fraction of sp³-hybridized carbons (Fsp3) is 0.800. The van der Waals surface area contributed by atoms with Gasteiger partial charge in [0.25, 0.3) is 0 Å². The lowest BCUT2D eigenvalue weighted by Gasteiger charge is -2.25. The van der Waals surface area contributed by atoms with E-state index in [1.54, 1.807) is 0 Å². The number of rotatable bonds is 4. The van der Waals surface area contributed by atoms with Crippen LogP contribution in [0.4, 0.5) is 0 Å². The molecule has 1 aromatic heterocycles. The average Bonchev–Trinajstić information content (AvgIpc) is 3.10. The third-order valence-corrected chi connectivity index (χ3v) is 4.97. The van der Waals surface area contributed by atoms with Gasteiger partial charge in [-0.3, -0.25) is 0 Å². The van der Waals surface area contributed by atoms with Gasteiger partial charge in [0.05, 0.1) is 6.33 Å². The molecule has 2 saturated heterocycles. The summed E-state index contributed by atoms with van der Waals surface area (Å²) in [5.41, 5.74) is 1.70. The summed E-state index contributed by atoms with van der Waals surface area (Å²) in [7, 11) is 0. The van der Waals surface area contributed by atoms with Gasteiger partial charge in [-0.15, -0.1) is 0 Å². The molecule has 1 N–H and O–H groups in total. The molecule has 3 heterocycles. The van der Waals surface area contributed by atoms with Crippen LogP contribution in [0.5, 0.6) is 0 Å². The highest BCUT2D eigenvalue weighted by molar-refractivity contribution is 5.17. The summed E-state index contributed by atoms with van der Waals surface area (Å²) in [5, 5.41) is 3.49. The molecule has 0 aromatic carbocycles. The van der Waals surface area contributed by atoms with Crippen molar-refractivity contribution in [2.24, 2.45) is 5.92 Å². The molecule has 0 radical (unpaired) electrons. The first-order valence-corrected chi connectivity index (χ1v) is 7.65. The van der Waals surface area contributed by atoms with Crippen LogP contribution in [0.3, 0.4) is 0 Å². The highest BCUT2D eigenvalue weighted by Crippen LogP contribution is 2.30. The number of hydrogen-bond donors (Lipinski definition) is 1. The van der Waals surface area contributed by atoms with Crippen LogP contribution in [0, 0.1) is 5.92 Å². The summed E-state index contributed by atoms with van der Waals surface area (Å²) < 4.78 is 2.41. The maximum atomic E-state index is 4.41. The number of nitrogens with one attached hydrogen (secondary N) is 1. The Bertz CT molecular complexity index is 420. The predicted octanol–water partition coefficient (Wildman–Crippen LogP) is 1.48. The quantitative estimate of drug-likeness (QED) is 0.892. The second-order valence-electron chi connectivity index (χ2n) is 6.47. The zero-order chi connectivity index (χ0) is 13.3. The van der Waals surface area contributed by atoms with Gasteiger partial charge in [0.1, 0.15) is 0 Å². The fourth-order valence-corrected chi connectivity index (χ4v) is 3.63. The topological polar surface area (TPSA) is 33.1 Å². The molecule has 3 rings (SSSR count). The Hall–Kier alpha value is -0.870. The van der Waals surface area contributed by atoms with Crippen molar-refractivity contribution in [3.8, 4) is 0 Å². The number of hydrogen-bond acceptors (Lipinski definition) is 3. The number of imidazole rings is 1. The van der Waals surface area contributed by atoms with Gasteiger partial charge >= 0.3 is 0 Å². The van der Waals surface area contributed by atoms with E-state index in [-0.39, 0.29) is 5.41 Å². The third kappa shape index (κ3) is 2.56. The van der Waals surface area contributed by atoms with Crippen LogP contribution in [0.15, 0.2) is 12.5 Å². The highest BCUT2D eigenvalue weighted by Gasteiger charge is 2.34. The second-order valence-corrected chi connectivity index (χ2v) is 6.47. The molecule has 19 heavy (non-hydrogen) atoms. The monoisotopic (exact) mass is 262 g/mol. The lowest BCUT2D eigenvalue weighted by Crippen LogP contribution is -2.29. The van der Waals surface area contributed by atoms with Crippen LogP contribution in [0.2, 0.25) is 0 Å². The molecule has 2 unspecified atom stereocenters. The van der Waals surface area contributed by atoms with Crippen molar-refractivity contribution in [2.75, 3.05) is 32.7 Å². The predicted molar refractivity (Wildman–Crippen MR) is 77.3 cm³/mol. The van der Waals surface area contributed by atoms with Crippen LogP contribution in [0.25, 0.3) is 0 Å². The molecule has 2 aliphatic rings. The fourth-order valence-electron chi connectivity index (χ4n) is 3.63. The van der Waals surface area contributed by atoms with Crippen molar-refractivity contribution < 1.29 is 0 Å². The smallest absolute Gasteiger partial charge is 0.0948 e. The number of likely N-dealkylation sites (tertiary alicyclic amines) is 1. The molecule has 4 heteroatoms. The van der Waals surface area contributed by atoms with Gasteiger partial charge in [-0.05, 0) is 38.4 Å². The highest BCUT2D eigenvalue weighted by atomic mass is 15.2. The van der Waals surface area contributed by atoms with E-state index in [0.717, 1.165) is 25.6 Å². The van der Waals surface area contributed by atoms with Crippen LogP contribution in [0.1, 0.15) is 32.4 Å². The summed E-state index contributed by atoms with van der Waals surface area (Å²) in [6.45, 7) is 11.7. The minimum Gasteiger partial charge on any atom is -0.334 e. The molecule has 0 amide bonds. The Morgan fingerprint density at radius 2 is 2.42 bits per heavy atom. The normalized spacial score (nSPS) is 32.2. The Morgan fingerprint density at radius 1 is 1.53 bits per heavy atom. The molecule has 4 nitrogen and oxygen atoms in total. The molecular formula is C15H26N4.